The lowest BCUT2D eigenvalue weighted by atomic mass is 9.99. The molecule has 0 spiro atoms. The molecule has 8 heteroatoms. The van der Waals surface area contributed by atoms with E-state index in [2.05, 4.69) is 4.90 Å². The molecule has 0 atom stereocenters. The number of nitrogens with zero attached hydrogens (tertiary/aromatic N) is 2. The number of Topliss-reactive ketones (excluding diaryl/α,β-unsaturated/α-hetero) is 1. The fourth-order valence-corrected chi connectivity index (χ4v) is 4.89. The van der Waals surface area contributed by atoms with Crippen LogP contribution in [0.5, 0.6) is 5.75 Å². The van der Waals surface area contributed by atoms with Crippen molar-refractivity contribution in [2.24, 2.45) is 0 Å². The predicted molar refractivity (Wildman–Crippen MR) is 111 cm³/mol. The molecule has 0 N–H and O–H groups in total. The minimum atomic E-state index is -4.44. The van der Waals surface area contributed by atoms with Crippen LogP contribution in [0.3, 0.4) is 0 Å². The first-order valence-electron chi connectivity index (χ1n) is 10.7. The third kappa shape index (κ3) is 3.66. The van der Waals surface area contributed by atoms with Gasteiger partial charge >= 0.3 is 6.18 Å². The maximum atomic E-state index is 13.8. The summed E-state index contributed by atoms with van der Waals surface area (Å²) in [6.07, 6.45) is -2.89. The summed E-state index contributed by atoms with van der Waals surface area (Å²) in [4.78, 5) is 14.4. The van der Waals surface area contributed by atoms with Crippen LogP contribution >= 0.6 is 0 Å². The van der Waals surface area contributed by atoms with Gasteiger partial charge in [-0.25, -0.2) is 4.39 Å². The number of fused-ring (bicyclic) bond motifs is 3. The molecule has 168 valence electrons. The molecule has 5 rings (SSSR count). The first-order valence-corrected chi connectivity index (χ1v) is 10.7. The van der Waals surface area contributed by atoms with Gasteiger partial charge in [0.15, 0.2) is 5.78 Å². The van der Waals surface area contributed by atoms with Gasteiger partial charge in [0.05, 0.1) is 17.6 Å². The summed E-state index contributed by atoms with van der Waals surface area (Å²) in [5.74, 6) is 0.0528. The number of ether oxygens (including phenoxy) is 1. The van der Waals surface area contributed by atoms with Crippen molar-refractivity contribution in [1.82, 2.24) is 9.47 Å². The Hall–Kier alpha value is -2.87. The van der Waals surface area contributed by atoms with Crippen LogP contribution in [0.15, 0.2) is 36.4 Å². The molecular formula is C24H22F4N2O2. The minimum Gasteiger partial charge on any atom is -0.490 e. The van der Waals surface area contributed by atoms with Crippen LogP contribution < -0.4 is 4.74 Å². The van der Waals surface area contributed by atoms with Crippen LogP contribution in [-0.2, 0) is 25.7 Å². The minimum absolute atomic E-state index is 0.0636. The van der Waals surface area contributed by atoms with Gasteiger partial charge < -0.3 is 9.30 Å². The Bertz CT molecular complexity index is 1180. The monoisotopic (exact) mass is 446 g/mol. The number of aromatic nitrogens is 1. The molecule has 0 aliphatic carbocycles. The van der Waals surface area contributed by atoms with Gasteiger partial charge in [0.1, 0.15) is 18.2 Å². The highest BCUT2D eigenvalue weighted by Crippen LogP contribution is 2.44. The Morgan fingerprint density at radius 2 is 1.84 bits per heavy atom. The molecule has 1 aromatic heterocycles. The number of ketones is 1. The number of hydrogen-bond donors (Lipinski definition) is 0. The molecule has 0 saturated heterocycles. The van der Waals surface area contributed by atoms with Gasteiger partial charge in [0.25, 0.3) is 0 Å². The van der Waals surface area contributed by atoms with Gasteiger partial charge in [0.2, 0.25) is 0 Å². The zero-order chi connectivity index (χ0) is 22.5. The van der Waals surface area contributed by atoms with E-state index in [1.54, 1.807) is 0 Å². The Morgan fingerprint density at radius 1 is 1.06 bits per heavy atom. The normalized spacial score (nSPS) is 16.1. The van der Waals surface area contributed by atoms with Gasteiger partial charge in [0, 0.05) is 42.6 Å². The lowest BCUT2D eigenvalue weighted by Crippen LogP contribution is -2.32. The van der Waals surface area contributed by atoms with Crippen LogP contribution in [0.1, 0.15) is 40.0 Å². The van der Waals surface area contributed by atoms with Gasteiger partial charge in [-0.05, 0) is 54.9 Å². The number of benzene rings is 2. The largest absolute Gasteiger partial charge is 0.490 e. The van der Waals surface area contributed by atoms with Crippen molar-refractivity contribution in [3.05, 3.63) is 64.6 Å². The summed E-state index contributed by atoms with van der Waals surface area (Å²) in [6.45, 7) is 2.74. The van der Waals surface area contributed by atoms with Crippen LogP contribution in [0.25, 0.3) is 10.9 Å². The maximum Gasteiger partial charge on any atom is 0.417 e. The van der Waals surface area contributed by atoms with Crippen molar-refractivity contribution in [1.29, 1.82) is 0 Å². The van der Waals surface area contributed by atoms with Gasteiger partial charge in [-0.2, -0.15) is 13.2 Å². The molecule has 0 fully saturated rings. The van der Waals surface area contributed by atoms with Crippen molar-refractivity contribution in [3.63, 3.8) is 0 Å². The zero-order valence-corrected chi connectivity index (χ0v) is 17.3. The molecule has 0 saturated carbocycles. The lowest BCUT2D eigenvalue weighted by Gasteiger charge is -2.28. The Labute approximate surface area is 182 Å². The topological polar surface area (TPSA) is 34.5 Å². The van der Waals surface area contributed by atoms with E-state index in [0.29, 0.717) is 62.3 Å². The SMILES string of the molecule is O=C(CCCN1CCc2c(c3c(C(F)(F)F)ccc4c3n2CCO4)C1)c1ccc(F)cc1. The number of rotatable bonds is 5. The van der Waals surface area contributed by atoms with Crippen molar-refractivity contribution in [2.75, 3.05) is 19.7 Å². The molecule has 0 amide bonds. The van der Waals surface area contributed by atoms with E-state index in [1.165, 1.54) is 30.3 Å². The van der Waals surface area contributed by atoms with Crippen molar-refractivity contribution >= 4 is 16.7 Å². The predicted octanol–water partition coefficient (Wildman–Crippen LogP) is 5.21. The number of hydrogen-bond acceptors (Lipinski definition) is 3. The number of carbonyl (C=O) groups excluding carboxylic acids is 1. The van der Waals surface area contributed by atoms with E-state index in [9.17, 15) is 22.4 Å². The number of alkyl halides is 3. The third-order valence-electron chi connectivity index (χ3n) is 6.36. The first kappa shape index (κ1) is 21.0. The van der Waals surface area contributed by atoms with Gasteiger partial charge in [-0.1, -0.05) is 0 Å². The van der Waals surface area contributed by atoms with Crippen molar-refractivity contribution in [2.45, 2.75) is 38.5 Å². The molecule has 2 aliphatic heterocycles. The zero-order valence-electron chi connectivity index (χ0n) is 17.3. The van der Waals surface area contributed by atoms with Crippen LogP contribution in [0.2, 0.25) is 0 Å². The lowest BCUT2D eigenvalue weighted by molar-refractivity contribution is -0.136. The standard InChI is InChI=1S/C24H22F4N2O2/c25-16-5-3-15(4-6-16)20(31)2-1-10-29-11-9-19-17(14-29)22-18(24(26,27)28)7-8-21-23(22)30(19)12-13-32-21/h3-8H,1-2,9-14H2. The average molecular weight is 446 g/mol. The summed E-state index contributed by atoms with van der Waals surface area (Å²) in [6, 6.07) is 8.01. The summed E-state index contributed by atoms with van der Waals surface area (Å²) in [7, 11) is 0. The average Bonchev–Trinajstić information content (AvgIpc) is 3.09. The smallest absolute Gasteiger partial charge is 0.417 e. The highest BCUT2D eigenvalue weighted by Gasteiger charge is 2.38. The highest BCUT2D eigenvalue weighted by molar-refractivity contribution is 5.96. The molecule has 3 aromatic rings. The Morgan fingerprint density at radius 3 is 2.59 bits per heavy atom. The second-order valence-electron chi connectivity index (χ2n) is 8.32. The molecule has 0 bridgehead atoms. The van der Waals surface area contributed by atoms with E-state index in [0.717, 1.165) is 23.9 Å². The molecule has 4 nitrogen and oxygen atoms in total. The van der Waals surface area contributed by atoms with Crippen LogP contribution in [0.4, 0.5) is 17.6 Å². The summed E-state index contributed by atoms with van der Waals surface area (Å²) in [5.41, 5.74) is 2.07. The van der Waals surface area contributed by atoms with E-state index in [1.807, 2.05) is 4.57 Å². The first-order chi connectivity index (χ1) is 15.3. The summed E-state index contributed by atoms with van der Waals surface area (Å²) < 4.78 is 62.1. The van der Waals surface area contributed by atoms with E-state index < -0.39 is 11.7 Å². The molecule has 3 heterocycles. The second-order valence-corrected chi connectivity index (χ2v) is 8.32. The molecular weight excluding hydrogens is 424 g/mol. The Balaban J connectivity index is 1.36. The molecule has 2 aromatic carbocycles. The van der Waals surface area contributed by atoms with Crippen molar-refractivity contribution in [3.8, 4) is 5.75 Å². The van der Waals surface area contributed by atoms with E-state index in [-0.39, 0.29) is 17.0 Å². The molecule has 0 unspecified atom stereocenters. The van der Waals surface area contributed by atoms with Crippen LogP contribution in [-0.4, -0.2) is 34.9 Å². The number of carbonyl (C=O) groups is 1. The molecule has 2 aliphatic rings. The van der Waals surface area contributed by atoms with Crippen LogP contribution in [0, 0.1) is 5.82 Å². The van der Waals surface area contributed by atoms with Crippen molar-refractivity contribution < 1.29 is 27.1 Å². The maximum absolute atomic E-state index is 13.8. The van der Waals surface area contributed by atoms with Gasteiger partial charge in [-0.15, -0.1) is 0 Å². The number of halogens is 4. The Kier molecular flexibility index (Phi) is 5.20. The fraction of sp³-hybridized carbons (Fsp3) is 0.375. The summed E-state index contributed by atoms with van der Waals surface area (Å²) in [5, 5.41) is 0.247. The molecule has 0 radical (unpaired) electrons. The summed E-state index contributed by atoms with van der Waals surface area (Å²) >= 11 is 0. The van der Waals surface area contributed by atoms with E-state index >= 15 is 0 Å². The highest BCUT2D eigenvalue weighted by atomic mass is 19.4. The van der Waals surface area contributed by atoms with Gasteiger partial charge in [-0.3, -0.25) is 9.69 Å². The third-order valence-corrected chi connectivity index (χ3v) is 6.36. The van der Waals surface area contributed by atoms with E-state index in [4.69, 9.17) is 4.74 Å². The molecule has 32 heavy (non-hydrogen) atoms. The quantitative estimate of drug-likeness (QED) is 0.399. The second kappa shape index (κ2) is 7.92. The fourth-order valence-electron chi connectivity index (χ4n) is 4.89.